The van der Waals surface area contributed by atoms with Crippen molar-refractivity contribution in [3.63, 3.8) is 0 Å². The molecule has 4 aliphatic rings. The van der Waals surface area contributed by atoms with Gasteiger partial charge in [0.2, 0.25) is 11.8 Å². The molecule has 9 nitrogen and oxygen atoms in total. The molecule has 3 N–H and O–H groups in total. The highest BCUT2D eigenvalue weighted by Gasteiger charge is 2.46. The molecule has 2 aromatic carbocycles. The van der Waals surface area contributed by atoms with Crippen molar-refractivity contribution in [3.8, 4) is 5.75 Å². The summed E-state index contributed by atoms with van der Waals surface area (Å²) in [7, 11) is 0. The summed E-state index contributed by atoms with van der Waals surface area (Å²) in [5.41, 5.74) is 2.14. The Balaban J connectivity index is 1.26. The van der Waals surface area contributed by atoms with E-state index in [4.69, 9.17) is 4.74 Å². The van der Waals surface area contributed by atoms with E-state index in [9.17, 15) is 19.2 Å². The summed E-state index contributed by atoms with van der Waals surface area (Å²) in [4.78, 5) is 51.5. The zero-order valence-electron chi connectivity index (χ0n) is 19.1. The van der Waals surface area contributed by atoms with E-state index in [-0.39, 0.29) is 30.4 Å². The first kappa shape index (κ1) is 21.9. The van der Waals surface area contributed by atoms with E-state index in [1.807, 2.05) is 24.3 Å². The quantitative estimate of drug-likeness (QED) is 0.574. The van der Waals surface area contributed by atoms with Gasteiger partial charge >= 0.3 is 0 Å². The molecule has 2 aromatic rings. The Morgan fingerprint density at radius 3 is 2.71 bits per heavy atom. The monoisotopic (exact) mass is 474 g/mol. The summed E-state index contributed by atoms with van der Waals surface area (Å²) < 4.78 is 6.40. The van der Waals surface area contributed by atoms with Crippen LogP contribution in [0.1, 0.15) is 63.6 Å². The van der Waals surface area contributed by atoms with Gasteiger partial charge in [0, 0.05) is 44.0 Å². The van der Waals surface area contributed by atoms with Gasteiger partial charge in [-0.2, -0.15) is 0 Å². The summed E-state index contributed by atoms with van der Waals surface area (Å²) in [6.45, 7) is 2.08. The van der Waals surface area contributed by atoms with Crippen molar-refractivity contribution in [2.75, 3.05) is 13.1 Å². The molecule has 35 heavy (non-hydrogen) atoms. The number of hydrogen-bond donors (Lipinski definition) is 3. The zero-order valence-corrected chi connectivity index (χ0v) is 19.1. The molecule has 180 valence electrons. The highest BCUT2D eigenvalue weighted by Crippen LogP contribution is 2.42. The molecule has 0 radical (unpaired) electrons. The fraction of sp³-hybridized carbons (Fsp3) is 0.385. The summed E-state index contributed by atoms with van der Waals surface area (Å²) in [5.74, 6) is -1.10. The largest absolute Gasteiger partial charge is 0.485 e. The molecule has 0 aromatic heterocycles. The third-order valence-electron chi connectivity index (χ3n) is 7.49. The van der Waals surface area contributed by atoms with Crippen LogP contribution in [-0.4, -0.2) is 53.3 Å². The molecule has 9 heteroatoms. The van der Waals surface area contributed by atoms with Gasteiger partial charge in [0.1, 0.15) is 17.4 Å². The van der Waals surface area contributed by atoms with Crippen LogP contribution in [0.4, 0.5) is 0 Å². The van der Waals surface area contributed by atoms with Gasteiger partial charge in [0.05, 0.1) is 11.1 Å². The number of imide groups is 2. The van der Waals surface area contributed by atoms with E-state index in [0.717, 1.165) is 42.1 Å². The highest BCUT2D eigenvalue weighted by atomic mass is 16.5. The molecule has 0 bridgehead atoms. The van der Waals surface area contributed by atoms with Crippen LogP contribution in [0.3, 0.4) is 0 Å². The van der Waals surface area contributed by atoms with Crippen LogP contribution in [0.2, 0.25) is 0 Å². The fourth-order valence-electron chi connectivity index (χ4n) is 5.75. The number of carbonyl (C=O) groups excluding carboxylic acids is 4. The smallest absolute Gasteiger partial charge is 0.262 e. The number of amides is 4. The second kappa shape index (κ2) is 8.28. The second-order valence-electron chi connectivity index (χ2n) is 9.67. The van der Waals surface area contributed by atoms with Crippen LogP contribution >= 0.6 is 0 Å². The Labute approximate surface area is 202 Å². The van der Waals surface area contributed by atoms with Crippen LogP contribution in [0, 0.1) is 0 Å². The van der Waals surface area contributed by atoms with E-state index < -0.39 is 23.8 Å². The molecule has 4 heterocycles. The molecule has 6 rings (SSSR count). The Morgan fingerprint density at radius 2 is 1.91 bits per heavy atom. The van der Waals surface area contributed by atoms with Crippen molar-refractivity contribution in [1.82, 2.24) is 20.9 Å². The number of para-hydroxylation sites is 1. The number of nitrogens with zero attached hydrogens (tertiary/aromatic N) is 1. The maximum absolute atomic E-state index is 13.4. The average Bonchev–Trinajstić information content (AvgIpc) is 3.40. The summed E-state index contributed by atoms with van der Waals surface area (Å²) in [6, 6.07) is 12.3. The molecule has 3 unspecified atom stereocenters. The molecular weight excluding hydrogens is 448 g/mol. The minimum Gasteiger partial charge on any atom is -0.485 e. The van der Waals surface area contributed by atoms with Gasteiger partial charge in [-0.1, -0.05) is 30.3 Å². The summed E-state index contributed by atoms with van der Waals surface area (Å²) >= 11 is 0. The van der Waals surface area contributed by atoms with Gasteiger partial charge in [-0.05, 0) is 30.7 Å². The number of piperidine rings is 1. The van der Waals surface area contributed by atoms with Crippen LogP contribution < -0.4 is 20.7 Å². The third-order valence-corrected chi connectivity index (χ3v) is 7.49. The van der Waals surface area contributed by atoms with Crippen LogP contribution in [-0.2, 0) is 16.1 Å². The lowest BCUT2D eigenvalue weighted by atomic mass is 9.86. The van der Waals surface area contributed by atoms with Gasteiger partial charge in [-0.15, -0.1) is 0 Å². The number of nitrogens with one attached hydrogen (secondary N) is 3. The van der Waals surface area contributed by atoms with Gasteiger partial charge in [-0.25, -0.2) is 0 Å². The number of benzene rings is 2. The molecule has 0 aliphatic carbocycles. The molecule has 2 fully saturated rings. The molecule has 3 atom stereocenters. The van der Waals surface area contributed by atoms with Gasteiger partial charge in [0.25, 0.3) is 11.8 Å². The van der Waals surface area contributed by atoms with Gasteiger partial charge < -0.3 is 15.4 Å². The maximum atomic E-state index is 13.4. The van der Waals surface area contributed by atoms with Crippen LogP contribution in [0.15, 0.2) is 42.5 Å². The first-order valence-electron chi connectivity index (χ1n) is 12.0. The van der Waals surface area contributed by atoms with E-state index in [0.29, 0.717) is 23.2 Å². The number of carbonyl (C=O) groups is 4. The molecule has 4 amide bonds. The van der Waals surface area contributed by atoms with E-state index >= 15 is 0 Å². The minimum atomic E-state index is -0.974. The van der Waals surface area contributed by atoms with Crippen molar-refractivity contribution in [2.24, 2.45) is 0 Å². The molecule has 1 spiro atoms. The predicted octanol–water partition coefficient (Wildman–Crippen LogP) is 1.43. The molecular formula is C26H26N4O5. The molecule has 2 saturated heterocycles. The third kappa shape index (κ3) is 3.62. The van der Waals surface area contributed by atoms with Crippen molar-refractivity contribution < 1.29 is 23.9 Å². The second-order valence-corrected chi connectivity index (χ2v) is 9.67. The maximum Gasteiger partial charge on any atom is 0.262 e. The summed E-state index contributed by atoms with van der Waals surface area (Å²) in [5, 5.41) is 9.24. The van der Waals surface area contributed by atoms with Gasteiger partial charge in [-0.3, -0.25) is 29.4 Å². The first-order chi connectivity index (χ1) is 17.0. The Kier molecular flexibility index (Phi) is 5.19. The highest BCUT2D eigenvalue weighted by molar-refractivity contribution is 6.24. The topological polar surface area (TPSA) is 117 Å². The lowest BCUT2D eigenvalue weighted by Gasteiger charge is -2.40. The van der Waals surface area contributed by atoms with E-state index in [1.54, 1.807) is 12.1 Å². The number of fused-ring (bicyclic) bond motifs is 2. The van der Waals surface area contributed by atoms with E-state index in [1.165, 1.54) is 0 Å². The average molecular weight is 475 g/mol. The lowest BCUT2D eigenvalue weighted by molar-refractivity contribution is -0.136. The van der Waals surface area contributed by atoms with Gasteiger partial charge in [0.15, 0.2) is 0 Å². The van der Waals surface area contributed by atoms with Crippen molar-refractivity contribution in [1.29, 1.82) is 0 Å². The molecule has 4 aliphatic heterocycles. The van der Waals surface area contributed by atoms with Crippen LogP contribution in [0.25, 0.3) is 0 Å². The van der Waals surface area contributed by atoms with Crippen molar-refractivity contribution >= 4 is 23.6 Å². The minimum absolute atomic E-state index is 0.0224. The number of rotatable bonds is 4. The van der Waals surface area contributed by atoms with Crippen LogP contribution in [0.5, 0.6) is 5.75 Å². The number of hydrogen-bond acceptors (Lipinski definition) is 7. The molecule has 0 saturated carbocycles. The fourth-order valence-corrected chi connectivity index (χ4v) is 5.75. The Bertz CT molecular complexity index is 1250. The first-order valence-corrected chi connectivity index (χ1v) is 12.0. The van der Waals surface area contributed by atoms with Crippen molar-refractivity contribution in [3.05, 3.63) is 64.7 Å². The normalized spacial score (nSPS) is 27.6. The standard InChI is InChI=1S/C26H26N4O5/c31-21-9-8-19(23(32)29-21)30-24(33)17-6-3-4-15(22(17)25(30)34)13-28-18-12-26(10-11-27-14-26)35-20-7-2-1-5-16(18)20/h1-7,18-19,27-28H,8-14H2,(H,29,31,32). The summed E-state index contributed by atoms with van der Waals surface area (Å²) in [6.07, 6.45) is 1.95. The van der Waals surface area contributed by atoms with E-state index in [2.05, 4.69) is 22.0 Å². The SMILES string of the molecule is O=C1CCC(N2C(=O)c3cccc(CNC4CC5(CCNC5)Oc5ccccc54)c3C2=O)C(=O)N1. The predicted molar refractivity (Wildman–Crippen MR) is 125 cm³/mol. The zero-order chi connectivity index (χ0) is 24.2. The van der Waals surface area contributed by atoms with Crippen molar-refractivity contribution in [2.45, 2.75) is 49.9 Å². The Morgan fingerprint density at radius 1 is 1.06 bits per heavy atom. The number of ether oxygens (including phenoxy) is 1. The Hall–Kier alpha value is -3.56. The lowest BCUT2D eigenvalue weighted by Crippen LogP contribution is -2.54.